The molecule has 0 bridgehead atoms. The van der Waals surface area contributed by atoms with Gasteiger partial charge in [0.15, 0.2) is 0 Å². The van der Waals surface area contributed by atoms with Gasteiger partial charge in [0.1, 0.15) is 6.04 Å². The molecule has 1 unspecified atom stereocenters. The van der Waals surface area contributed by atoms with Gasteiger partial charge in [-0.15, -0.1) is 11.3 Å². The van der Waals surface area contributed by atoms with E-state index in [-0.39, 0.29) is 10.8 Å². The van der Waals surface area contributed by atoms with Gasteiger partial charge in [-0.05, 0) is 47.7 Å². The molecular formula is C10H11BrN2O2S2. The van der Waals surface area contributed by atoms with E-state index in [9.17, 15) is 8.42 Å². The molecule has 0 radical (unpaired) electrons. The third-order valence-electron chi connectivity index (χ3n) is 2.65. The van der Waals surface area contributed by atoms with Crippen LogP contribution < -0.4 is 4.72 Å². The Labute approximate surface area is 113 Å². The summed E-state index contributed by atoms with van der Waals surface area (Å²) >= 11 is 4.63. The van der Waals surface area contributed by atoms with E-state index in [4.69, 9.17) is 5.26 Å². The van der Waals surface area contributed by atoms with Gasteiger partial charge in [-0.1, -0.05) is 0 Å². The summed E-state index contributed by atoms with van der Waals surface area (Å²) < 4.78 is 27.4. The molecule has 1 aromatic rings. The van der Waals surface area contributed by atoms with Crippen LogP contribution >= 0.6 is 27.3 Å². The number of halogens is 1. The van der Waals surface area contributed by atoms with Crippen molar-refractivity contribution in [3.05, 3.63) is 14.7 Å². The fraction of sp³-hybridized carbons (Fsp3) is 0.500. The molecule has 7 heteroatoms. The third-order valence-corrected chi connectivity index (χ3v) is 5.90. The topological polar surface area (TPSA) is 70.0 Å². The van der Waals surface area contributed by atoms with Crippen LogP contribution in [0.3, 0.4) is 0 Å². The lowest BCUT2D eigenvalue weighted by molar-refractivity contribution is 0.560. The third kappa shape index (κ3) is 2.88. The molecule has 0 spiro atoms. The number of aryl methyl sites for hydroxylation is 1. The molecular weight excluding hydrogens is 324 g/mol. The van der Waals surface area contributed by atoms with Crippen molar-refractivity contribution in [1.82, 2.24) is 4.72 Å². The molecule has 1 heterocycles. The lowest BCUT2D eigenvalue weighted by Crippen LogP contribution is -2.35. The number of rotatable bonds is 4. The summed E-state index contributed by atoms with van der Waals surface area (Å²) in [6.45, 7) is 1.75. The van der Waals surface area contributed by atoms with Gasteiger partial charge in [-0.3, -0.25) is 0 Å². The molecule has 1 fully saturated rings. The van der Waals surface area contributed by atoms with Gasteiger partial charge in [0, 0.05) is 4.88 Å². The van der Waals surface area contributed by atoms with Crippen molar-refractivity contribution in [3.63, 3.8) is 0 Å². The van der Waals surface area contributed by atoms with Crippen LogP contribution in [0.2, 0.25) is 0 Å². The molecule has 2 rings (SSSR count). The van der Waals surface area contributed by atoms with E-state index in [0.717, 1.165) is 21.5 Å². The first-order valence-electron chi connectivity index (χ1n) is 5.12. The molecule has 0 aliphatic heterocycles. The molecule has 0 amide bonds. The first-order chi connectivity index (χ1) is 7.94. The number of thiophene rings is 1. The zero-order valence-corrected chi connectivity index (χ0v) is 12.3. The predicted molar refractivity (Wildman–Crippen MR) is 69.2 cm³/mol. The zero-order valence-electron chi connectivity index (χ0n) is 9.10. The van der Waals surface area contributed by atoms with Crippen LogP contribution in [0.5, 0.6) is 0 Å². The predicted octanol–water partition coefficient (Wildman–Crippen LogP) is 2.40. The Morgan fingerprint density at radius 2 is 2.29 bits per heavy atom. The maximum Gasteiger partial charge on any atom is 0.242 e. The fourth-order valence-electron chi connectivity index (χ4n) is 1.59. The van der Waals surface area contributed by atoms with E-state index in [0.29, 0.717) is 0 Å². The average molecular weight is 335 g/mol. The SMILES string of the molecule is Cc1sc(Br)cc1S(=O)(=O)NC(C#N)C1CC1. The molecule has 1 aromatic heterocycles. The van der Waals surface area contributed by atoms with Crippen LogP contribution in [0.1, 0.15) is 17.7 Å². The van der Waals surface area contributed by atoms with Crippen molar-refractivity contribution in [2.75, 3.05) is 0 Å². The molecule has 1 aliphatic rings. The Hall–Kier alpha value is -0.420. The normalized spacial score (nSPS) is 17.7. The smallest absolute Gasteiger partial charge is 0.207 e. The Bertz CT molecular complexity index is 570. The number of hydrogen-bond donors (Lipinski definition) is 1. The molecule has 17 heavy (non-hydrogen) atoms. The number of nitriles is 1. The lowest BCUT2D eigenvalue weighted by Gasteiger charge is -2.10. The van der Waals surface area contributed by atoms with E-state index < -0.39 is 16.1 Å². The minimum absolute atomic E-state index is 0.178. The van der Waals surface area contributed by atoms with E-state index in [1.807, 2.05) is 6.07 Å². The summed E-state index contributed by atoms with van der Waals surface area (Å²) in [5.41, 5.74) is 0. The van der Waals surface area contributed by atoms with Gasteiger partial charge in [0.25, 0.3) is 0 Å². The van der Waals surface area contributed by atoms with Crippen LogP contribution in [0.15, 0.2) is 14.7 Å². The summed E-state index contributed by atoms with van der Waals surface area (Å²) in [5, 5.41) is 8.94. The van der Waals surface area contributed by atoms with Gasteiger partial charge in [0.2, 0.25) is 10.0 Å². The Balaban J connectivity index is 2.24. The Morgan fingerprint density at radius 1 is 1.65 bits per heavy atom. The Kier molecular flexibility index (Phi) is 3.59. The molecule has 1 N–H and O–H groups in total. The van der Waals surface area contributed by atoms with E-state index >= 15 is 0 Å². The number of nitrogens with one attached hydrogen (secondary N) is 1. The summed E-state index contributed by atoms with van der Waals surface area (Å²) in [5.74, 6) is 0.178. The maximum atomic E-state index is 12.1. The maximum absolute atomic E-state index is 12.1. The van der Waals surface area contributed by atoms with Crippen molar-refractivity contribution < 1.29 is 8.42 Å². The van der Waals surface area contributed by atoms with Gasteiger partial charge in [0.05, 0.1) is 14.8 Å². The first-order valence-corrected chi connectivity index (χ1v) is 8.21. The largest absolute Gasteiger partial charge is 0.242 e. The highest BCUT2D eigenvalue weighted by Gasteiger charge is 2.35. The monoisotopic (exact) mass is 334 g/mol. The van der Waals surface area contributed by atoms with Crippen LogP contribution in [0.25, 0.3) is 0 Å². The van der Waals surface area contributed by atoms with Crippen molar-refractivity contribution >= 4 is 37.3 Å². The molecule has 1 saturated carbocycles. The first kappa shape index (κ1) is 13.0. The van der Waals surface area contributed by atoms with Gasteiger partial charge >= 0.3 is 0 Å². The number of sulfonamides is 1. The van der Waals surface area contributed by atoms with Crippen LogP contribution in [-0.4, -0.2) is 14.5 Å². The molecule has 92 valence electrons. The summed E-state index contributed by atoms with van der Waals surface area (Å²) in [6, 6.07) is 2.99. The van der Waals surface area contributed by atoms with Gasteiger partial charge < -0.3 is 0 Å². The van der Waals surface area contributed by atoms with Crippen LogP contribution in [0, 0.1) is 24.2 Å². The van der Waals surface area contributed by atoms with E-state index in [1.165, 1.54) is 11.3 Å². The van der Waals surface area contributed by atoms with Crippen LogP contribution in [-0.2, 0) is 10.0 Å². The van der Waals surface area contributed by atoms with Crippen molar-refractivity contribution in [3.8, 4) is 6.07 Å². The van der Waals surface area contributed by atoms with Crippen molar-refractivity contribution in [1.29, 1.82) is 5.26 Å². The van der Waals surface area contributed by atoms with Crippen molar-refractivity contribution in [2.45, 2.75) is 30.7 Å². The zero-order chi connectivity index (χ0) is 12.6. The molecule has 1 aliphatic carbocycles. The molecule has 4 nitrogen and oxygen atoms in total. The second kappa shape index (κ2) is 4.69. The highest BCUT2D eigenvalue weighted by molar-refractivity contribution is 9.11. The fourth-order valence-corrected chi connectivity index (χ4v) is 5.21. The second-order valence-electron chi connectivity index (χ2n) is 4.04. The molecule has 0 saturated heterocycles. The van der Waals surface area contributed by atoms with Crippen molar-refractivity contribution in [2.24, 2.45) is 5.92 Å². The lowest BCUT2D eigenvalue weighted by atomic mass is 10.2. The van der Waals surface area contributed by atoms with E-state index in [1.54, 1.807) is 13.0 Å². The number of hydrogen-bond acceptors (Lipinski definition) is 4. The summed E-state index contributed by atoms with van der Waals surface area (Å²) in [6.07, 6.45) is 1.85. The summed E-state index contributed by atoms with van der Waals surface area (Å²) in [7, 11) is -3.58. The minimum atomic E-state index is -3.58. The second-order valence-corrected chi connectivity index (χ2v) is 8.35. The highest BCUT2D eigenvalue weighted by Crippen LogP contribution is 2.34. The highest BCUT2D eigenvalue weighted by atomic mass is 79.9. The van der Waals surface area contributed by atoms with Gasteiger partial charge in [-0.2, -0.15) is 9.98 Å². The minimum Gasteiger partial charge on any atom is -0.207 e. The molecule has 0 aromatic carbocycles. The standard InChI is InChI=1S/C10H11BrN2O2S2/c1-6-9(4-10(11)16-6)17(14,15)13-8(5-12)7-2-3-7/h4,7-8,13H,2-3H2,1H3. The van der Waals surface area contributed by atoms with Crippen LogP contribution in [0.4, 0.5) is 0 Å². The molecule has 1 atom stereocenters. The number of nitrogens with zero attached hydrogens (tertiary/aromatic N) is 1. The van der Waals surface area contributed by atoms with Gasteiger partial charge in [-0.25, -0.2) is 8.42 Å². The Morgan fingerprint density at radius 3 is 2.71 bits per heavy atom. The average Bonchev–Trinajstić information content (AvgIpc) is 3.01. The van der Waals surface area contributed by atoms with E-state index in [2.05, 4.69) is 20.7 Å². The quantitative estimate of drug-likeness (QED) is 0.918. The summed E-state index contributed by atoms with van der Waals surface area (Å²) in [4.78, 5) is 0.979.